The van der Waals surface area contributed by atoms with Crippen molar-refractivity contribution < 1.29 is 29.3 Å². The molecule has 1 aliphatic rings. The molecule has 0 saturated heterocycles. The van der Waals surface area contributed by atoms with E-state index in [0.717, 1.165) is 0 Å². The Morgan fingerprint density at radius 3 is 2.21 bits per heavy atom. The quantitative estimate of drug-likeness (QED) is 0.746. The first-order chi connectivity index (χ1) is 13.9. The second-order valence-electron chi connectivity index (χ2n) is 6.65. The van der Waals surface area contributed by atoms with E-state index in [1.165, 1.54) is 17.0 Å². The van der Waals surface area contributed by atoms with Gasteiger partial charge in [0.05, 0.1) is 24.3 Å². The topological polar surface area (TPSA) is 104 Å². The fourth-order valence-electron chi connectivity index (χ4n) is 3.37. The summed E-state index contributed by atoms with van der Waals surface area (Å²) in [5, 5.41) is 19.5. The van der Waals surface area contributed by atoms with Gasteiger partial charge in [-0.25, -0.2) is 4.79 Å². The highest BCUT2D eigenvalue weighted by Gasteiger charge is 2.42. The molecule has 0 bridgehead atoms. The lowest BCUT2D eigenvalue weighted by molar-refractivity contribution is -0.130. The number of carboxylic acids is 1. The number of ether oxygens (including phenoxy) is 1. The molecule has 0 radical (unpaired) electrons. The maximum absolute atomic E-state index is 12.8. The molecule has 1 amide bonds. The number of carbonyl (C=O) groups is 3. The van der Waals surface area contributed by atoms with E-state index in [2.05, 4.69) is 0 Å². The molecule has 7 nitrogen and oxygen atoms in total. The average Bonchev–Trinajstić information content (AvgIpc) is 2.98. The standard InChI is InChI=1S/C22H21NO6/c1-3-17(24)18-19(14-8-10-16(29-2)11-9-14)23(21(26)20(18)25)12-13-4-6-15(7-5-13)22(27)28/h4-11,19,25H,3,12H2,1-2H3,(H,27,28). The van der Waals surface area contributed by atoms with Crippen molar-refractivity contribution in [3.05, 3.63) is 76.6 Å². The monoisotopic (exact) mass is 395 g/mol. The Bertz CT molecular complexity index is 975. The summed E-state index contributed by atoms with van der Waals surface area (Å²) in [6.07, 6.45) is 0.153. The van der Waals surface area contributed by atoms with Crippen molar-refractivity contribution in [1.82, 2.24) is 4.90 Å². The third-order valence-corrected chi connectivity index (χ3v) is 4.91. The summed E-state index contributed by atoms with van der Waals surface area (Å²) in [6.45, 7) is 1.78. The molecule has 0 fully saturated rings. The molecule has 0 aromatic heterocycles. The van der Waals surface area contributed by atoms with Gasteiger partial charge in [0.1, 0.15) is 5.75 Å². The number of nitrogens with zero attached hydrogens (tertiary/aromatic N) is 1. The number of methoxy groups -OCH3 is 1. The maximum atomic E-state index is 12.8. The van der Waals surface area contributed by atoms with Crippen LogP contribution >= 0.6 is 0 Å². The van der Waals surface area contributed by atoms with Crippen molar-refractivity contribution in [2.75, 3.05) is 7.11 Å². The van der Waals surface area contributed by atoms with Crippen LogP contribution < -0.4 is 4.74 Å². The van der Waals surface area contributed by atoms with E-state index in [1.807, 2.05) is 0 Å². The lowest BCUT2D eigenvalue weighted by Crippen LogP contribution is -2.30. The molecular formula is C22H21NO6. The van der Waals surface area contributed by atoms with Crippen LogP contribution in [0, 0.1) is 0 Å². The van der Waals surface area contributed by atoms with Crippen LogP contribution in [0.15, 0.2) is 59.9 Å². The van der Waals surface area contributed by atoms with Crippen molar-refractivity contribution in [2.24, 2.45) is 0 Å². The summed E-state index contributed by atoms with van der Waals surface area (Å²) < 4.78 is 5.17. The Kier molecular flexibility index (Phi) is 5.68. The second kappa shape index (κ2) is 8.18. The van der Waals surface area contributed by atoms with Gasteiger partial charge in [0.25, 0.3) is 5.91 Å². The normalized spacial score (nSPS) is 16.3. The Labute approximate surface area is 167 Å². The number of ketones is 1. The number of amides is 1. The van der Waals surface area contributed by atoms with Crippen LogP contribution in [0.25, 0.3) is 0 Å². The summed E-state index contributed by atoms with van der Waals surface area (Å²) in [4.78, 5) is 37.7. The van der Waals surface area contributed by atoms with Crippen LogP contribution in [0.3, 0.4) is 0 Å². The number of hydrogen-bond donors (Lipinski definition) is 2. The van der Waals surface area contributed by atoms with E-state index < -0.39 is 23.7 Å². The molecule has 2 aromatic rings. The molecule has 0 saturated carbocycles. The van der Waals surface area contributed by atoms with Crippen LogP contribution in [0.2, 0.25) is 0 Å². The van der Waals surface area contributed by atoms with Gasteiger partial charge in [0.2, 0.25) is 0 Å². The van der Waals surface area contributed by atoms with Crippen LogP contribution in [0.1, 0.15) is 40.9 Å². The first-order valence-electron chi connectivity index (χ1n) is 9.10. The van der Waals surface area contributed by atoms with Crippen molar-refractivity contribution in [2.45, 2.75) is 25.9 Å². The number of benzene rings is 2. The maximum Gasteiger partial charge on any atom is 0.335 e. The predicted octanol–water partition coefficient (Wildman–Crippen LogP) is 3.27. The molecule has 1 aliphatic heterocycles. The van der Waals surface area contributed by atoms with Crippen molar-refractivity contribution in [3.63, 3.8) is 0 Å². The molecule has 1 unspecified atom stereocenters. The zero-order valence-corrected chi connectivity index (χ0v) is 16.1. The molecule has 150 valence electrons. The lowest BCUT2D eigenvalue weighted by Gasteiger charge is -2.27. The number of carbonyl (C=O) groups excluding carboxylic acids is 2. The zero-order chi connectivity index (χ0) is 21.1. The summed E-state index contributed by atoms with van der Waals surface area (Å²) in [6, 6.07) is 12.3. The number of aromatic carboxylic acids is 1. The van der Waals surface area contributed by atoms with Gasteiger partial charge in [-0.1, -0.05) is 31.2 Å². The summed E-state index contributed by atoms with van der Waals surface area (Å²) >= 11 is 0. The van der Waals surface area contributed by atoms with Crippen LogP contribution in [-0.2, 0) is 16.1 Å². The third-order valence-electron chi connectivity index (χ3n) is 4.91. The van der Waals surface area contributed by atoms with Gasteiger partial charge in [-0.3, -0.25) is 9.59 Å². The highest BCUT2D eigenvalue weighted by Crippen LogP contribution is 2.39. The molecular weight excluding hydrogens is 374 g/mol. The predicted molar refractivity (Wildman–Crippen MR) is 105 cm³/mol. The van der Waals surface area contributed by atoms with Crippen molar-refractivity contribution in [3.8, 4) is 5.75 Å². The number of rotatable bonds is 7. The zero-order valence-electron chi connectivity index (χ0n) is 16.1. The molecule has 2 N–H and O–H groups in total. The molecule has 1 heterocycles. The molecule has 29 heavy (non-hydrogen) atoms. The third kappa shape index (κ3) is 3.85. The van der Waals surface area contributed by atoms with E-state index in [9.17, 15) is 19.5 Å². The van der Waals surface area contributed by atoms with Gasteiger partial charge in [-0.15, -0.1) is 0 Å². The summed E-state index contributed by atoms with van der Waals surface area (Å²) in [7, 11) is 1.54. The smallest absolute Gasteiger partial charge is 0.335 e. The number of aliphatic hydroxyl groups is 1. The molecule has 2 aromatic carbocycles. The fraction of sp³-hybridized carbons (Fsp3) is 0.227. The minimum atomic E-state index is -1.04. The van der Waals surface area contributed by atoms with Crippen molar-refractivity contribution in [1.29, 1.82) is 0 Å². The van der Waals surface area contributed by atoms with E-state index >= 15 is 0 Å². The van der Waals surface area contributed by atoms with Crippen LogP contribution in [-0.4, -0.2) is 39.9 Å². The molecule has 0 aliphatic carbocycles. The highest BCUT2D eigenvalue weighted by atomic mass is 16.5. The van der Waals surface area contributed by atoms with Crippen LogP contribution in [0.5, 0.6) is 5.75 Å². The minimum absolute atomic E-state index is 0.0739. The second-order valence-corrected chi connectivity index (χ2v) is 6.65. The first-order valence-corrected chi connectivity index (χ1v) is 9.10. The average molecular weight is 395 g/mol. The minimum Gasteiger partial charge on any atom is -0.503 e. The lowest BCUT2D eigenvalue weighted by atomic mass is 9.95. The van der Waals surface area contributed by atoms with Gasteiger partial charge < -0.3 is 19.8 Å². The largest absolute Gasteiger partial charge is 0.503 e. The summed E-state index contributed by atoms with van der Waals surface area (Å²) in [5.74, 6) is -1.89. The molecule has 0 spiro atoms. The molecule has 3 rings (SSSR count). The SMILES string of the molecule is CCC(=O)C1=C(O)C(=O)N(Cc2ccc(C(=O)O)cc2)C1c1ccc(OC)cc1. The summed E-state index contributed by atoms with van der Waals surface area (Å²) in [5.41, 5.74) is 1.56. The highest BCUT2D eigenvalue weighted by molar-refractivity contribution is 6.08. The van der Waals surface area contributed by atoms with E-state index in [4.69, 9.17) is 9.84 Å². The Morgan fingerprint density at radius 2 is 1.69 bits per heavy atom. The number of hydrogen-bond acceptors (Lipinski definition) is 5. The number of carboxylic acid groups (broad SMARTS) is 1. The van der Waals surface area contributed by atoms with Gasteiger partial charge in [0.15, 0.2) is 11.5 Å². The van der Waals surface area contributed by atoms with Gasteiger partial charge in [-0.05, 0) is 35.4 Å². The van der Waals surface area contributed by atoms with Crippen molar-refractivity contribution >= 4 is 17.7 Å². The molecule has 1 atom stereocenters. The van der Waals surface area contributed by atoms with Gasteiger partial charge in [-0.2, -0.15) is 0 Å². The van der Waals surface area contributed by atoms with E-state index in [-0.39, 0.29) is 29.9 Å². The van der Waals surface area contributed by atoms with E-state index in [0.29, 0.717) is 16.9 Å². The Balaban J connectivity index is 2.00. The fourth-order valence-corrected chi connectivity index (χ4v) is 3.37. The molecule has 7 heteroatoms. The van der Waals surface area contributed by atoms with Crippen LogP contribution in [0.4, 0.5) is 0 Å². The van der Waals surface area contributed by atoms with Gasteiger partial charge in [0, 0.05) is 13.0 Å². The number of Topliss-reactive ketones (excluding diaryl/α,β-unsaturated/α-hetero) is 1. The Morgan fingerprint density at radius 1 is 1.07 bits per heavy atom. The van der Waals surface area contributed by atoms with E-state index in [1.54, 1.807) is 50.4 Å². The van der Waals surface area contributed by atoms with Gasteiger partial charge >= 0.3 is 5.97 Å². The number of aliphatic hydroxyl groups excluding tert-OH is 1. The first kappa shape index (κ1) is 20.1. The Hall–Kier alpha value is -3.61.